The average Bonchev–Trinajstić information content (AvgIpc) is 2.75. The van der Waals surface area contributed by atoms with Gasteiger partial charge in [0, 0.05) is 5.56 Å². The number of H-pyrrole nitrogens is 1. The summed E-state index contributed by atoms with van der Waals surface area (Å²) in [6, 6.07) is 5.53. The van der Waals surface area contributed by atoms with Crippen molar-refractivity contribution in [1.82, 2.24) is 15.2 Å². The molecule has 1 heterocycles. The molecule has 1 unspecified atom stereocenters. The second kappa shape index (κ2) is 5.30. The number of Topliss-reactive ketones (excluding diaryl/α,β-unsaturated/α-hetero) is 1. The number of aromatic nitrogens is 3. The topological polar surface area (TPSA) is 58.6 Å². The van der Waals surface area contributed by atoms with Crippen molar-refractivity contribution in [3.63, 3.8) is 0 Å². The highest BCUT2D eigenvalue weighted by Crippen LogP contribution is 2.22. The molecule has 2 rings (SSSR count). The lowest BCUT2D eigenvalue weighted by atomic mass is 10.1. The molecule has 6 heteroatoms. The Morgan fingerprint density at radius 1 is 1.39 bits per heavy atom. The number of hydrogen-bond donors (Lipinski definition) is 1. The first-order valence-corrected chi connectivity index (χ1v) is 6.29. The first-order chi connectivity index (χ1) is 8.56. The van der Waals surface area contributed by atoms with Crippen LogP contribution < -0.4 is 0 Å². The SMILES string of the molecule is Cc1nc(SC(C)C(=O)c2ccc(F)cc2)n[nH]1. The molecular formula is C12H12FN3OS. The molecule has 0 saturated carbocycles. The summed E-state index contributed by atoms with van der Waals surface area (Å²) in [7, 11) is 0. The second-order valence-electron chi connectivity index (χ2n) is 3.83. The summed E-state index contributed by atoms with van der Waals surface area (Å²) in [5.74, 6) is 0.290. The van der Waals surface area contributed by atoms with Crippen LogP contribution in [0, 0.1) is 12.7 Å². The van der Waals surface area contributed by atoms with Crippen molar-refractivity contribution < 1.29 is 9.18 Å². The Morgan fingerprint density at radius 2 is 2.06 bits per heavy atom. The number of ketones is 1. The zero-order chi connectivity index (χ0) is 13.1. The molecule has 0 amide bonds. The van der Waals surface area contributed by atoms with Crippen LogP contribution in [0.5, 0.6) is 0 Å². The fraction of sp³-hybridized carbons (Fsp3) is 0.250. The minimum atomic E-state index is -0.351. The summed E-state index contributed by atoms with van der Waals surface area (Å²) in [4.78, 5) is 16.2. The third-order valence-corrected chi connectivity index (χ3v) is 3.32. The van der Waals surface area contributed by atoms with Gasteiger partial charge >= 0.3 is 0 Å². The predicted molar refractivity (Wildman–Crippen MR) is 67.2 cm³/mol. The molecule has 1 atom stereocenters. The molecule has 1 aromatic heterocycles. The van der Waals surface area contributed by atoms with Crippen LogP contribution in [0.15, 0.2) is 29.4 Å². The number of aromatic amines is 1. The Morgan fingerprint density at radius 3 is 2.61 bits per heavy atom. The molecule has 0 aliphatic heterocycles. The molecule has 0 radical (unpaired) electrons. The molecule has 94 valence electrons. The summed E-state index contributed by atoms with van der Waals surface area (Å²) in [6.07, 6.45) is 0. The van der Waals surface area contributed by atoms with E-state index in [0.29, 0.717) is 16.5 Å². The summed E-state index contributed by atoms with van der Waals surface area (Å²) >= 11 is 1.27. The maximum atomic E-state index is 12.8. The molecule has 0 fully saturated rings. The van der Waals surface area contributed by atoms with E-state index in [1.165, 1.54) is 36.0 Å². The van der Waals surface area contributed by atoms with Crippen molar-refractivity contribution >= 4 is 17.5 Å². The van der Waals surface area contributed by atoms with E-state index in [4.69, 9.17) is 0 Å². The fourth-order valence-electron chi connectivity index (χ4n) is 1.44. The zero-order valence-corrected chi connectivity index (χ0v) is 10.8. The van der Waals surface area contributed by atoms with Crippen molar-refractivity contribution in [2.75, 3.05) is 0 Å². The van der Waals surface area contributed by atoms with Crippen molar-refractivity contribution in [3.05, 3.63) is 41.5 Å². The Bertz CT molecular complexity index is 553. The van der Waals surface area contributed by atoms with E-state index in [1.54, 1.807) is 13.8 Å². The Balaban J connectivity index is 2.07. The highest BCUT2D eigenvalue weighted by molar-refractivity contribution is 8.00. The first kappa shape index (κ1) is 12.8. The maximum Gasteiger partial charge on any atom is 0.209 e. The molecule has 1 aromatic carbocycles. The lowest BCUT2D eigenvalue weighted by molar-refractivity contribution is 0.0994. The zero-order valence-electron chi connectivity index (χ0n) is 9.98. The largest absolute Gasteiger partial charge is 0.293 e. The van der Waals surface area contributed by atoms with E-state index in [9.17, 15) is 9.18 Å². The number of carbonyl (C=O) groups is 1. The van der Waals surface area contributed by atoms with Gasteiger partial charge in [-0.2, -0.15) is 0 Å². The van der Waals surface area contributed by atoms with Gasteiger partial charge in [-0.3, -0.25) is 9.89 Å². The van der Waals surface area contributed by atoms with Crippen LogP contribution in [-0.4, -0.2) is 26.2 Å². The third-order valence-electron chi connectivity index (χ3n) is 2.36. The van der Waals surface area contributed by atoms with Crippen LogP contribution in [0.1, 0.15) is 23.1 Å². The lowest BCUT2D eigenvalue weighted by Gasteiger charge is -2.07. The summed E-state index contributed by atoms with van der Waals surface area (Å²) < 4.78 is 12.8. The summed E-state index contributed by atoms with van der Waals surface area (Å²) in [5, 5.41) is 6.90. The van der Waals surface area contributed by atoms with Gasteiger partial charge in [0.05, 0.1) is 5.25 Å². The highest BCUT2D eigenvalue weighted by atomic mass is 32.2. The van der Waals surface area contributed by atoms with Gasteiger partial charge in [0.2, 0.25) is 5.16 Å². The van der Waals surface area contributed by atoms with Gasteiger partial charge in [-0.05, 0) is 38.1 Å². The lowest BCUT2D eigenvalue weighted by Crippen LogP contribution is -2.13. The van der Waals surface area contributed by atoms with Gasteiger partial charge in [-0.25, -0.2) is 9.37 Å². The minimum Gasteiger partial charge on any atom is -0.293 e. The number of carbonyl (C=O) groups excluding carboxylic acids is 1. The predicted octanol–water partition coefficient (Wildman–Crippen LogP) is 2.62. The molecule has 2 aromatic rings. The van der Waals surface area contributed by atoms with Crippen molar-refractivity contribution in [2.45, 2.75) is 24.3 Å². The normalized spacial score (nSPS) is 12.4. The van der Waals surface area contributed by atoms with E-state index in [1.807, 2.05) is 0 Å². The van der Waals surface area contributed by atoms with E-state index in [0.717, 1.165) is 0 Å². The van der Waals surface area contributed by atoms with Crippen LogP contribution >= 0.6 is 11.8 Å². The molecule has 18 heavy (non-hydrogen) atoms. The van der Waals surface area contributed by atoms with E-state index >= 15 is 0 Å². The van der Waals surface area contributed by atoms with Crippen LogP contribution in [0.3, 0.4) is 0 Å². The Kier molecular flexibility index (Phi) is 3.76. The van der Waals surface area contributed by atoms with Gasteiger partial charge in [-0.1, -0.05) is 11.8 Å². The number of nitrogens with one attached hydrogen (secondary N) is 1. The average molecular weight is 265 g/mol. The number of halogens is 1. The van der Waals surface area contributed by atoms with Crippen molar-refractivity contribution in [3.8, 4) is 0 Å². The molecule has 0 saturated heterocycles. The molecule has 4 nitrogen and oxygen atoms in total. The molecule has 0 aliphatic rings. The smallest absolute Gasteiger partial charge is 0.209 e. The first-order valence-electron chi connectivity index (χ1n) is 5.41. The van der Waals surface area contributed by atoms with Crippen molar-refractivity contribution in [1.29, 1.82) is 0 Å². The Hall–Kier alpha value is -1.69. The van der Waals surface area contributed by atoms with Gasteiger partial charge in [-0.15, -0.1) is 5.10 Å². The van der Waals surface area contributed by atoms with Crippen LogP contribution in [-0.2, 0) is 0 Å². The van der Waals surface area contributed by atoms with Crippen LogP contribution in [0.4, 0.5) is 4.39 Å². The summed E-state index contributed by atoms with van der Waals surface area (Å²) in [5.41, 5.74) is 0.489. The maximum absolute atomic E-state index is 12.8. The second-order valence-corrected chi connectivity index (χ2v) is 5.14. The number of nitrogens with zero attached hydrogens (tertiary/aromatic N) is 2. The standard InChI is InChI=1S/C12H12FN3OS/c1-7(18-12-14-8(2)15-16-12)11(17)9-3-5-10(13)6-4-9/h3-7H,1-2H3,(H,14,15,16). The molecule has 1 N–H and O–H groups in total. The fourth-order valence-corrected chi connectivity index (χ4v) is 2.28. The van der Waals surface area contributed by atoms with Gasteiger partial charge < -0.3 is 0 Å². The van der Waals surface area contributed by atoms with Gasteiger partial charge in [0.25, 0.3) is 0 Å². The minimum absolute atomic E-state index is 0.0672. The van der Waals surface area contributed by atoms with Gasteiger partial charge in [0.15, 0.2) is 5.78 Å². The highest BCUT2D eigenvalue weighted by Gasteiger charge is 2.18. The van der Waals surface area contributed by atoms with E-state index in [-0.39, 0.29) is 16.9 Å². The molecule has 0 spiro atoms. The number of hydrogen-bond acceptors (Lipinski definition) is 4. The van der Waals surface area contributed by atoms with E-state index in [2.05, 4.69) is 15.2 Å². The quantitative estimate of drug-likeness (QED) is 0.682. The van der Waals surface area contributed by atoms with Gasteiger partial charge in [0.1, 0.15) is 11.6 Å². The summed E-state index contributed by atoms with van der Waals surface area (Å²) in [6.45, 7) is 3.57. The monoisotopic (exact) mass is 265 g/mol. The van der Waals surface area contributed by atoms with E-state index < -0.39 is 0 Å². The number of benzene rings is 1. The third kappa shape index (κ3) is 2.95. The molecule has 0 aliphatic carbocycles. The molecule has 0 bridgehead atoms. The van der Waals surface area contributed by atoms with Crippen molar-refractivity contribution in [2.24, 2.45) is 0 Å². The number of rotatable bonds is 4. The van der Waals surface area contributed by atoms with Crippen LogP contribution in [0.2, 0.25) is 0 Å². The van der Waals surface area contributed by atoms with Crippen LogP contribution in [0.25, 0.3) is 0 Å². The molecular weight excluding hydrogens is 253 g/mol. The number of aryl methyl sites for hydroxylation is 1. The Labute approximate surface area is 108 Å². The number of thioether (sulfide) groups is 1.